The maximum absolute atomic E-state index is 6.00. The number of nitrogens with one attached hydrogen (secondary N) is 1. The fourth-order valence-electron chi connectivity index (χ4n) is 2.03. The Hall–Kier alpha value is -0.290. The number of nitrogen functional groups attached to an aromatic ring is 1. The van der Waals surface area contributed by atoms with Gasteiger partial charge in [0.1, 0.15) is 0 Å². The zero-order chi connectivity index (χ0) is 9.97. The second-order valence-electron chi connectivity index (χ2n) is 3.80. The van der Waals surface area contributed by atoms with Gasteiger partial charge in [0, 0.05) is 9.26 Å². The Labute approximate surface area is 98.4 Å². The second-order valence-corrected chi connectivity index (χ2v) is 5.04. The van der Waals surface area contributed by atoms with Crippen LogP contribution in [0.3, 0.4) is 0 Å². The van der Waals surface area contributed by atoms with E-state index in [4.69, 9.17) is 5.73 Å². The van der Waals surface area contributed by atoms with Gasteiger partial charge in [-0.25, -0.2) is 0 Å². The van der Waals surface area contributed by atoms with Gasteiger partial charge in [-0.15, -0.1) is 0 Å². The minimum atomic E-state index is 0.658. The van der Waals surface area contributed by atoms with E-state index in [2.05, 4.69) is 40.0 Å². The van der Waals surface area contributed by atoms with Crippen LogP contribution in [0.4, 0.5) is 5.69 Å². The Morgan fingerprint density at radius 2 is 2.00 bits per heavy atom. The summed E-state index contributed by atoms with van der Waals surface area (Å²) >= 11 is 2.35. The number of anilines is 1. The van der Waals surface area contributed by atoms with E-state index in [1.807, 2.05) is 6.07 Å². The smallest absolute Gasteiger partial charge is 0.0350 e. The number of halogens is 1. The number of nitrogens with two attached hydrogens (primary N) is 1. The third kappa shape index (κ3) is 2.20. The van der Waals surface area contributed by atoms with Crippen molar-refractivity contribution < 1.29 is 0 Å². The van der Waals surface area contributed by atoms with Gasteiger partial charge in [0.15, 0.2) is 0 Å². The molecule has 1 saturated heterocycles. The van der Waals surface area contributed by atoms with E-state index < -0.39 is 0 Å². The van der Waals surface area contributed by atoms with Crippen molar-refractivity contribution in [3.8, 4) is 0 Å². The quantitative estimate of drug-likeness (QED) is 0.617. The minimum Gasteiger partial charge on any atom is -0.398 e. The minimum absolute atomic E-state index is 0.658. The second kappa shape index (κ2) is 4.49. The number of rotatable bonds is 1. The Balaban J connectivity index is 2.24. The topological polar surface area (TPSA) is 38.0 Å². The first-order valence-corrected chi connectivity index (χ1v) is 6.11. The highest BCUT2D eigenvalue weighted by Gasteiger charge is 2.17. The summed E-state index contributed by atoms with van der Waals surface area (Å²) in [5.41, 5.74) is 8.30. The molecule has 3 heteroatoms. The van der Waals surface area contributed by atoms with Crippen molar-refractivity contribution in [2.45, 2.75) is 18.8 Å². The highest BCUT2D eigenvalue weighted by Crippen LogP contribution is 2.30. The van der Waals surface area contributed by atoms with Gasteiger partial charge in [0.25, 0.3) is 0 Å². The van der Waals surface area contributed by atoms with Gasteiger partial charge in [-0.3, -0.25) is 0 Å². The molecule has 0 unspecified atom stereocenters. The summed E-state index contributed by atoms with van der Waals surface area (Å²) < 4.78 is 1.28. The molecule has 0 atom stereocenters. The van der Waals surface area contributed by atoms with Gasteiger partial charge in [0.2, 0.25) is 0 Å². The lowest BCUT2D eigenvalue weighted by molar-refractivity contribution is 0.461. The molecule has 2 rings (SSSR count). The van der Waals surface area contributed by atoms with Crippen LogP contribution < -0.4 is 11.1 Å². The van der Waals surface area contributed by atoms with Crippen molar-refractivity contribution in [2.24, 2.45) is 0 Å². The average Bonchev–Trinajstić information content (AvgIpc) is 2.23. The van der Waals surface area contributed by atoms with E-state index in [1.165, 1.54) is 22.0 Å². The lowest BCUT2D eigenvalue weighted by Crippen LogP contribution is -2.27. The van der Waals surface area contributed by atoms with Crippen molar-refractivity contribution >= 4 is 28.3 Å². The third-order valence-electron chi connectivity index (χ3n) is 2.83. The van der Waals surface area contributed by atoms with Gasteiger partial charge in [0.05, 0.1) is 0 Å². The highest BCUT2D eigenvalue weighted by atomic mass is 127. The molecular weight excluding hydrogens is 287 g/mol. The van der Waals surface area contributed by atoms with Crippen LogP contribution in [0.5, 0.6) is 0 Å². The van der Waals surface area contributed by atoms with E-state index in [0.717, 1.165) is 18.8 Å². The van der Waals surface area contributed by atoms with Crippen LogP contribution >= 0.6 is 22.6 Å². The molecule has 0 aromatic heterocycles. The number of hydrogen-bond donors (Lipinski definition) is 2. The van der Waals surface area contributed by atoms with Crippen LogP contribution in [0, 0.1) is 3.57 Å². The first-order chi connectivity index (χ1) is 6.77. The molecule has 1 fully saturated rings. The van der Waals surface area contributed by atoms with E-state index in [1.54, 1.807) is 0 Å². The molecule has 0 spiro atoms. The van der Waals surface area contributed by atoms with Crippen molar-refractivity contribution in [2.75, 3.05) is 18.8 Å². The fraction of sp³-hybridized carbons (Fsp3) is 0.455. The summed E-state index contributed by atoms with van der Waals surface area (Å²) in [6.45, 7) is 2.24. The van der Waals surface area contributed by atoms with Crippen LogP contribution in [-0.4, -0.2) is 13.1 Å². The lowest BCUT2D eigenvalue weighted by Gasteiger charge is -2.24. The van der Waals surface area contributed by atoms with Crippen LogP contribution in [0.2, 0.25) is 0 Å². The number of hydrogen-bond acceptors (Lipinski definition) is 2. The van der Waals surface area contributed by atoms with Gasteiger partial charge in [-0.2, -0.15) is 0 Å². The predicted octanol–water partition coefficient (Wildman–Crippen LogP) is 2.34. The highest BCUT2D eigenvalue weighted by molar-refractivity contribution is 14.1. The first-order valence-electron chi connectivity index (χ1n) is 5.03. The van der Waals surface area contributed by atoms with Gasteiger partial charge >= 0.3 is 0 Å². The third-order valence-corrected chi connectivity index (χ3v) is 3.50. The Bertz CT molecular complexity index is 319. The zero-order valence-corrected chi connectivity index (χ0v) is 10.3. The average molecular weight is 302 g/mol. The van der Waals surface area contributed by atoms with E-state index >= 15 is 0 Å². The SMILES string of the molecule is Nc1ccc(I)cc1C1CCNCC1. The zero-order valence-electron chi connectivity index (χ0n) is 8.09. The Morgan fingerprint density at radius 1 is 1.29 bits per heavy atom. The molecular formula is C11H15IN2. The van der Waals surface area contributed by atoms with Crippen molar-refractivity contribution in [3.63, 3.8) is 0 Å². The summed E-state index contributed by atoms with van der Waals surface area (Å²) in [7, 11) is 0. The molecule has 1 aliphatic rings. The molecule has 1 aromatic carbocycles. The molecule has 0 radical (unpaired) electrons. The summed E-state index contributed by atoms with van der Waals surface area (Å²) in [6.07, 6.45) is 2.43. The summed E-state index contributed by atoms with van der Waals surface area (Å²) in [6, 6.07) is 6.32. The summed E-state index contributed by atoms with van der Waals surface area (Å²) in [5.74, 6) is 0.658. The fourth-order valence-corrected chi connectivity index (χ4v) is 2.55. The van der Waals surface area contributed by atoms with E-state index in [0.29, 0.717) is 5.92 Å². The summed E-state index contributed by atoms with van der Waals surface area (Å²) in [4.78, 5) is 0. The molecule has 0 bridgehead atoms. The van der Waals surface area contributed by atoms with Gasteiger partial charge in [-0.05, 0) is 78.2 Å². The predicted molar refractivity (Wildman–Crippen MR) is 68.4 cm³/mol. The lowest BCUT2D eigenvalue weighted by atomic mass is 9.89. The molecule has 76 valence electrons. The van der Waals surface area contributed by atoms with E-state index in [9.17, 15) is 0 Å². The van der Waals surface area contributed by atoms with Crippen LogP contribution in [-0.2, 0) is 0 Å². The molecule has 1 heterocycles. The molecule has 3 N–H and O–H groups in total. The largest absolute Gasteiger partial charge is 0.398 e. The molecule has 0 saturated carbocycles. The van der Waals surface area contributed by atoms with Crippen molar-refractivity contribution in [3.05, 3.63) is 27.3 Å². The van der Waals surface area contributed by atoms with E-state index in [-0.39, 0.29) is 0 Å². The number of piperidine rings is 1. The van der Waals surface area contributed by atoms with Gasteiger partial charge < -0.3 is 11.1 Å². The van der Waals surface area contributed by atoms with Crippen LogP contribution in [0.15, 0.2) is 18.2 Å². The maximum Gasteiger partial charge on any atom is 0.0350 e. The molecule has 1 aromatic rings. The molecule has 1 aliphatic heterocycles. The monoisotopic (exact) mass is 302 g/mol. The Kier molecular flexibility index (Phi) is 3.28. The molecule has 0 aliphatic carbocycles. The van der Waals surface area contributed by atoms with Gasteiger partial charge in [-0.1, -0.05) is 0 Å². The maximum atomic E-state index is 6.00. The molecule has 14 heavy (non-hydrogen) atoms. The normalized spacial score (nSPS) is 18.4. The van der Waals surface area contributed by atoms with Crippen molar-refractivity contribution in [1.82, 2.24) is 5.32 Å². The van der Waals surface area contributed by atoms with Crippen LogP contribution in [0.25, 0.3) is 0 Å². The Morgan fingerprint density at radius 3 is 2.71 bits per heavy atom. The molecule has 0 amide bonds. The standard InChI is InChI=1S/C11H15IN2/c12-9-1-2-11(13)10(7-9)8-3-5-14-6-4-8/h1-2,7-8,14H,3-6,13H2. The van der Waals surface area contributed by atoms with Crippen molar-refractivity contribution in [1.29, 1.82) is 0 Å². The molecule has 2 nitrogen and oxygen atoms in total. The van der Waals surface area contributed by atoms with Crippen LogP contribution in [0.1, 0.15) is 24.3 Å². The summed E-state index contributed by atoms with van der Waals surface area (Å²) in [5, 5.41) is 3.38. The number of benzene rings is 1. The first kappa shape index (κ1) is 10.2.